The van der Waals surface area contributed by atoms with Crippen molar-refractivity contribution in [2.45, 2.75) is 30.6 Å². The van der Waals surface area contributed by atoms with E-state index in [-0.39, 0.29) is 10.5 Å². The third-order valence-corrected chi connectivity index (χ3v) is 4.18. The zero-order chi connectivity index (χ0) is 15.5. The van der Waals surface area contributed by atoms with Crippen molar-refractivity contribution in [2.24, 2.45) is 10.2 Å². The second kappa shape index (κ2) is 6.23. The van der Waals surface area contributed by atoms with E-state index >= 15 is 0 Å². The van der Waals surface area contributed by atoms with Crippen molar-refractivity contribution in [2.75, 3.05) is 12.5 Å². The van der Waals surface area contributed by atoms with E-state index in [0.29, 0.717) is 5.69 Å². The number of nitrogens with one attached hydrogen (secondary N) is 1. The van der Waals surface area contributed by atoms with Gasteiger partial charge in [-0.3, -0.25) is 5.43 Å². The van der Waals surface area contributed by atoms with Crippen LogP contribution >= 0.6 is 0 Å². The number of primary sulfonamides is 1. The van der Waals surface area contributed by atoms with Gasteiger partial charge in [0.1, 0.15) is 0 Å². The molecule has 1 aliphatic rings. The lowest BCUT2D eigenvalue weighted by atomic mass is 10.2. The van der Waals surface area contributed by atoms with Gasteiger partial charge in [-0.05, 0) is 43.9 Å². The van der Waals surface area contributed by atoms with E-state index in [1.54, 1.807) is 0 Å². The first-order valence-electron chi connectivity index (χ1n) is 6.48. The topological polar surface area (TPSA) is 111 Å². The Morgan fingerprint density at radius 3 is 2.57 bits per heavy atom. The zero-order valence-electron chi connectivity index (χ0n) is 11.6. The van der Waals surface area contributed by atoms with Gasteiger partial charge in [0.2, 0.25) is 10.0 Å². The number of carbonyl (C=O) groups is 1. The van der Waals surface area contributed by atoms with Gasteiger partial charge in [0.25, 0.3) is 0 Å². The largest absolute Gasteiger partial charge is 0.465 e. The minimum Gasteiger partial charge on any atom is -0.465 e. The fourth-order valence-electron chi connectivity index (χ4n) is 2.16. The van der Waals surface area contributed by atoms with Crippen molar-refractivity contribution in [3.63, 3.8) is 0 Å². The van der Waals surface area contributed by atoms with Crippen LogP contribution < -0.4 is 10.6 Å². The second-order valence-electron chi connectivity index (χ2n) is 4.74. The summed E-state index contributed by atoms with van der Waals surface area (Å²) in [6.07, 6.45) is 4.15. The number of methoxy groups -OCH3 is 1. The highest BCUT2D eigenvalue weighted by atomic mass is 32.2. The van der Waals surface area contributed by atoms with Gasteiger partial charge in [-0.25, -0.2) is 18.4 Å². The zero-order valence-corrected chi connectivity index (χ0v) is 12.4. The standard InChI is InChI=1S/C13H17N3O4S/c1-20-13(17)11-8-10(6-7-12(11)21(14,18)19)16-15-9-4-2-3-5-9/h6-8,16H,2-5H2,1H3,(H2,14,18,19). The lowest BCUT2D eigenvalue weighted by Crippen LogP contribution is -2.17. The molecule has 3 N–H and O–H groups in total. The molecule has 1 fully saturated rings. The van der Waals surface area contributed by atoms with Crippen LogP contribution in [0, 0.1) is 0 Å². The van der Waals surface area contributed by atoms with E-state index in [1.807, 2.05) is 0 Å². The molecule has 0 saturated heterocycles. The van der Waals surface area contributed by atoms with Crippen LogP contribution in [0.2, 0.25) is 0 Å². The van der Waals surface area contributed by atoms with E-state index in [1.165, 1.54) is 25.3 Å². The predicted molar refractivity (Wildman–Crippen MR) is 78.7 cm³/mol. The number of ether oxygens (including phenoxy) is 1. The summed E-state index contributed by atoms with van der Waals surface area (Å²) in [6, 6.07) is 4.13. The van der Waals surface area contributed by atoms with E-state index in [4.69, 9.17) is 5.14 Å². The van der Waals surface area contributed by atoms with Crippen LogP contribution in [0.4, 0.5) is 5.69 Å². The molecule has 0 radical (unpaired) electrons. The SMILES string of the molecule is COC(=O)c1cc(NN=C2CCCC2)ccc1S(N)(=O)=O. The van der Waals surface area contributed by atoms with Crippen molar-refractivity contribution < 1.29 is 17.9 Å². The van der Waals surface area contributed by atoms with Gasteiger partial charge in [-0.15, -0.1) is 0 Å². The van der Waals surface area contributed by atoms with Gasteiger partial charge in [0.05, 0.1) is 23.3 Å². The Balaban J connectivity index is 2.33. The molecule has 1 aromatic rings. The summed E-state index contributed by atoms with van der Waals surface area (Å²) in [4.78, 5) is 11.4. The molecule has 0 bridgehead atoms. The summed E-state index contributed by atoms with van der Waals surface area (Å²) >= 11 is 0. The molecule has 0 aliphatic heterocycles. The number of rotatable bonds is 4. The molecule has 7 nitrogen and oxygen atoms in total. The molecule has 114 valence electrons. The van der Waals surface area contributed by atoms with E-state index in [9.17, 15) is 13.2 Å². The van der Waals surface area contributed by atoms with Gasteiger partial charge >= 0.3 is 5.97 Å². The maximum Gasteiger partial charge on any atom is 0.339 e. The molecule has 0 spiro atoms. The maximum atomic E-state index is 11.7. The van der Waals surface area contributed by atoms with Crippen LogP contribution in [0.5, 0.6) is 0 Å². The number of esters is 1. The van der Waals surface area contributed by atoms with Crippen molar-refractivity contribution in [3.8, 4) is 0 Å². The van der Waals surface area contributed by atoms with Crippen LogP contribution in [-0.4, -0.2) is 27.2 Å². The molecule has 0 unspecified atom stereocenters. The Hall–Kier alpha value is -1.93. The molecule has 0 amide bonds. The number of hydrogen-bond donors (Lipinski definition) is 2. The van der Waals surface area contributed by atoms with Crippen molar-refractivity contribution in [1.82, 2.24) is 0 Å². The molecule has 0 heterocycles. The third-order valence-electron chi connectivity index (χ3n) is 3.22. The van der Waals surface area contributed by atoms with Crippen molar-refractivity contribution >= 4 is 27.4 Å². The van der Waals surface area contributed by atoms with Gasteiger partial charge in [0, 0.05) is 5.71 Å². The predicted octanol–water partition coefficient (Wildman–Crippen LogP) is 1.46. The number of nitrogens with two attached hydrogens (primary N) is 1. The first kappa shape index (κ1) is 15.5. The highest BCUT2D eigenvalue weighted by Crippen LogP contribution is 2.21. The summed E-state index contributed by atoms with van der Waals surface area (Å²) < 4.78 is 27.5. The minimum absolute atomic E-state index is 0.114. The molecule has 2 rings (SSSR count). The Morgan fingerprint density at radius 2 is 2.00 bits per heavy atom. The van der Waals surface area contributed by atoms with Gasteiger partial charge in [0.15, 0.2) is 0 Å². The number of nitrogens with zero attached hydrogens (tertiary/aromatic N) is 1. The number of carbonyl (C=O) groups excluding carboxylic acids is 1. The van der Waals surface area contributed by atoms with Gasteiger partial charge < -0.3 is 4.74 Å². The number of hydrazone groups is 1. The summed E-state index contributed by atoms with van der Waals surface area (Å²) in [7, 11) is -2.83. The first-order chi connectivity index (χ1) is 9.91. The van der Waals surface area contributed by atoms with Gasteiger partial charge in [-0.2, -0.15) is 5.10 Å². The molecule has 1 aromatic carbocycles. The summed E-state index contributed by atoms with van der Waals surface area (Å²) in [6.45, 7) is 0. The Labute approximate surface area is 123 Å². The smallest absolute Gasteiger partial charge is 0.339 e. The molecule has 21 heavy (non-hydrogen) atoms. The number of benzene rings is 1. The number of hydrogen-bond acceptors (Lipinski definition) is 6. The number of sulfonamides is 1. The summed E-state index contributed by atoms with van der Waals surface area (Å²) in [5.41, 5.74) is 4.28. The number of anilines is 1. The highest BCUT2D eigenvalue weighted by Gasteiger charge is 2.20. The fourth-order valence-corrected chi connectivity index (χ4v) is 2.86. The Morgan fingerprint density at radius 1 is 1.33 bits per heavy atom. The van der Waals surface area contributed by atoms with E-state index in [2.05, 4.69) is 15.3 Å². The van der Waals surface area contributed by atoms with Crippen LogP contribution in [0.1, 0.15) is 36.0 Å². The third kappa shape index (κ3) is 3.79. The molecule has 1 aliphatic carbocycles. The van der Waals surface area contributed by atoms with Crippen molar-refractivity contribution in [3.05, 3.63) is 23.8 Å². The fraction of sp³-hybridized carbons (Fsp3) is 0.385. The quantitative estimate of drug-likeness (QED) is 0.646. The lowest BCUT2D eigenvalue weighted by Gasteiger charge is -2.09. The van der Waals surface area contributed by atoms with Crippen molar-refractivity contribution in [1.29, 1.82) is 0 Å². The molecule has 1 saturated carbocycles. The monoisotopic (exact) mass is 311 g/mol. The van der Waals surface area contributed by atoms with Gasteiger partial charge in [-0.1, -0.05) is 0 Å². The van der Waals surface area contributed by atoms with Crippen LogP contribution in [0.25, 0.3) is 0 Å². The van der Waals surface area contributed by atoms with E-state index < -0.39 is 16.0 Å². The average Bonchev–Trinajstić information content (AvgIpc) is 2.96. The lowest BCUT2D eigenvalue weighted by molar-refractivity contribution is 0.0596. The average molecular weight is 311 g/mol. The van der Waals surface area contributed by atoms with E-state index in [0.717, 1.165) is 31.4 Å². The molecule has 0 aromatic heterocycles. The Kier molecular flexibility index (Phi) is 4.59. The van der Waals surface area contributed by atoms with Crippen LogP contribution in [-0.2, 0) is 14.8 Å². The highest BCUT2D eigenvalue weighted by molar-refractivity contribution is 7.89. The first-order valence-corrected chi connectivity index (χ1v) is 8.03. The van der Waals surface area contributed by atoms with Crippen LogP contribution in [0.15, 0.2) is 28.2 Å². The summed E-state index contributed by atoms with van der Waals surface area (Å²) in [5.74, 6) is -0.767. The maximum absolute atomic E-state index is 11.7. The second-order valence-corrected chi connectivity index (χ2v) is 6.27. The molecule has 8 heteroatoms. The van der Waals surface area contributed by atoms with Crippen LogP contribution in [0.3, 0.4) is 0 Å². The minimum atomic E-state index is -4.00. The Bertz CT molecular complexity index is 675. The summed E-state index contributed by atoms with van der Waals surface area (Å²) in [5, 5.41) is 9.34. The molecule has 0 atom stereocenters. The normalized spacial score (nSPS) is 14.9. The molecular weight excluding hydrogens is 294 g/mol. The molecular formula is C13H17N3O4S.